The summed E-state index contributed by atoms with van der Waals surface area (Å²) in [5, 5.41) is 4.46. The largest absolute Gasteiger partial charge is 0.244 e. The van der Waals surface area contributed by atoms with Gasteiger partial charge in [-0.2, -0.15) is 9.40 Å². The zero-order chi connectivity index (χ0) is 16.9. The van der Waals surface area contributed by atoms with E-state index in [9.17, 15) is 8.42 Å². The van der Waals surface area contributed by atoms with Crippen LogP contribution in [0.4, 0.5) is 0 Å². The number of hydrogen-bond acceptors (Lipinski definition) is 4. The molecule has 0 amide bonds. The van der Waals surface area contributed by atoms with Crippen LogP contribution in [0.25, 0.3) is 5.65 Å². The van der Waals surface area contributed by atoms with E-state index in [4.69, 9.17) is 0 Å². The predicted molar refractivity (Wildman–Crippen MR) is 93.2 cm³/mol. The Morgan fingerprint density at radius 1 is 1.25 bits per heavy atom. The molecule has 1 aliphatic heterocycles. The number of aryl methyl sites for hydroxylation is 1. The number of fused-ring (bicyclic) bond motifs is 3. The van der Waals surface area contributed by atoms with Crippen LogP contribution in [0.5, 0.6) is 0 Å². The molecule has 3 aromatic rings. The van der Waals surface area contributed by atoms with Crippen LogP contribution < -0.4 is 0 Å². The Hall–Kier alpha value is -1.77. The first-order valence-corrected chi connectivity index (χ1v) is 9.78. The van der Waals surface area contributed by atoms with E-state index in [2.05, 4.69) is 26.0 Å². The molecule has 0 saturated heterocycles. The number of sulfonamides is 1. The highest BCUT2D eigenvalue weighted by Gasteiger charge is 2.31. The SMILES string of the molecule is Cc1cc2ncc3c(n2n1)CCN(S(=O)(=O)c1ccccc1Br)C3. The molecule has 0 spiro atoms. The fourth-order valence-electron chi connectivity index (χ4n) is 3.03. The molecular weight excluding hydrogens is 392 g/mol. The molecule has 0 saturated carbocycles. The molecule has 3 heterocycles. The Kier molecular flexibility index (Phi) is 3.70. The van der Waals surface area contributed by atoms with E-state index in [1.165, 1.54) is 4.31 Å². The third-order valence-electron chi connectivity index (χ3n) is 4.19. The van der Waals surface area contributed by atoms with Crippen LogP contribution in [0, 0.1) is 6.92 Å². The highest BCUT2D eigenvalue weighted by molar-refractivity contribution is 9.10. The first-order valence-electron chi connectivity index (χ1n) is 7.54. The third-order valence-corrected chi connectivity index (χ3v) is 7.05. The van der Waals surface area contributed by atoms with E-state index >= 15 is 0 Å². The maximum atomic E-state index is 12.9. The van der Waals surface area contributed by atoms with E-state index < -0.39 is 10.0 Å². The molecule has 0 fully saturated rings. The van der Waals surface area contributed by atoms with Crippen molar-refractivity contribution in [3.05, 3.63) is 58.0 Å². The lowest BCUT2D eigenvalue weighted by Gasteiger charge is -2.28. The molecule has 4 rings (SSSR count). The van der Waals surface area contributed by atoms with Gasteiger partial charge in [0.25, 0.3) is 0 Å². The van der Waals surface area contributed by atoms with Crippen LogP contribution in [0.1, 0.15) is 17.0 Å². The van der Waals surface area contributed by atoms with Gasteiger partial charge < -0.3 is 0 Å². The number of hydrogen-bond donors (Lipinski definition) is 0. The van der Waals surface area contributed by atoms with Crippen molar-refractivity contribution in [3.8, 4) is 0 Å². The Bertz CT molecular complexity index is 1050. The topological polar surface area (TPSA) is 67.6 Å². The van der Waals surface area contributed by atoms with Crippen molar-refractivity contribution in [3.63, 3.8) is 0 Å². The molecule has 0 N–H and O–H groups in total. The molecule has 1 aliphatic rings. The molecule has 8 heteroatoms. The quantitative estimate of drug-likeness (QED) is 0.655. The fraction of sp³-hybridized carbons (Fsp3) is 0.250. The van der Waals surface area contributed by atoms with Crippen LogP contribution in [-0.2, 0) is 23.0 Å². The number of aromatic nitrogens is 3. The smallest absolute Gasteiger partial charge is 0.237 e. The molecule has 0 aliphatic carbocycles. The Morgan fingerprint density at radius 3 is 2.83 bits per heavy atom. The summed E-state index contributed by atoms with van der Waals surface area (Å²) in [6.45, 7) is 2.66. The standard InChI is InChI=1S/C16H15BrN4O2S/c1-11-8-16-18-9-12-10-20(7-6-14(12)21(16)19-11)24(22,23)15-5-3-2-4-13(15)17/h2-5,8-9H,6-7,10H2,1H3. The number of nitrogens with zero attached hydrogens (tertiary/aromatic N) is 4. The molecule has 24 heavy (non-hydrogen) atoms. The molecular formula is C16H15BrN4O2S. The van der Waals surface area contributed by atoms with Gasteiger partial charge in [-0.25, -0.2) is 17.9 Å². The van der Waals surface area contributed by atoms with Crippen molar-refractivity contribution in [2.24, 2.45) is 0 Å². The van der Waals surface area contributed by atoms with E-state index in [1.54, 1.807) is 30.5 Å². The van der Waals surface area contributed by atoms with Gasteiger partial charge in [0.05, 0.1) is 16.3 Å². The highest BCUT2D eigenvalue weighted by atomic mass is 79.9. The third kappa shape index (κ3) is 2.45. The molecule has 2 aromatic heterocycles. The summed E-state index contributed by atoms with van der Waals surface area (Å²) in [5.41, 5.74) is 3.63. The molecule has 0 bridgehead atoms. The first-order chi connectivity index (χ1) is 11.5. The van der Waals surface area contributed by atoms with Crippen LogP contribution >= 0.6 is 15.9 Å². The van der Waals surface area contributed by atoms with Crippen LogP contribution in [0.15, 0.2) is 45.9 Å². The molecule has 0 unspecified atom stereocenters. The van der Waals surface area contributed by atoms with Crippen LogP contribution in [-0.4, -0.2) is 33.9 Å². The predicted octanol–water partition coefficient (Wildman–Crippen LogP) is 2.55. The van der Waals surface area contributed by atoms with Gasteiger partial charge in [-0.1, -0.05) is 12.1 Å². The lowest BCUT2D eigenvalue weighted by Crippen LogP contribution is -2.37. The molecule has 124 valence electrons. The van der Waals surface area contributed by atoms with Crippen molar-refractivity contribution < 1.29 is 8.42 Å². The summed E-state index contributed by atoms with van der Waals surface area (Å²) in [7, 11) is -3.55. The lowest BCUT2D eigenvalue weighted by atomic mass is 10.1. The summed E-state index contributed by atoms with van der Waals surface area (Å²) in [6, 6.07) is 8.81. The van der Waals surface area contributed by atoms with Crippen molar-refractivity contribution >= 4 is 31.6 Å². The van der Waals surface area contributed by atoms with E-state index in [0.29, 0.717) is 24.0 Å². The molecule has 0 atom stereocenters. The van der Waals surface area contributed by atoms with Crippen LogP contribution in [0.3, 0.4) is 0 Å². The van der Waals surface area contributed by atoms with Gasteiger partial charge in [-0.3, -0.25) is 0 Å². The average Bonchev–Trinajstić information content (AvgIpc) is 2.95. The summed E-state index contributed by atoms with van der Waals surface area (Å²) >= 11 is 3.33. The second kappa shape index (κ2) is 5.65. The minimum atomic E-state index is -3.55. The molecule has 6 nitrogen and oxygen atoms in total. The van der Waals surface area contributed by atoms with E-state index in [-0.39, 0.29) is 4.90 Å². The number of benzene rings is 1. The van der Waals surface area contributed by atoms with E-state index in [0.717, 1.165) is 22.6 Å². The number of rotatable bonds is 2. The summed E-state index contributed by atoms with van der Waals surface area (Å²) < 4.78 is 29.8. The maximum absolute atomic E-state index is 12.9. The van der Waals surface area contributed by atoms with Gasteiger partial charge in [0.15, 0.2) is 5.65 Å². The Labute approximate surface area is 148 Å². The second-order valence-electron chi connectivity index (χ2n) is 5.80. The lowest BCUT2D eigenvalue weighted by molar-refractivity contribution is 0.384. The van der Waals surface area contributed by atoms with Crippen molar-refractivity contribution in [1.29, 1.82) is 0 Å². The summed E-state index contributed by atoms with van der Waals surface area (Å²) in [4.78, 5) is 4.68. The summed E-state index contributed by atoms with van der Waals surface area (Å²) in [6.07, 6.45) is 2.37. The van der Waals surface area contributed by atoms with E-state index in [1.807, 2.05) is 17.5 Å². The normalized spacial score (nSPS) is 15.6. The zero-order valence-electron chi connectivity index (χ0n) is 13.0. The number of halogens is 1. The Morgan fingerprint density at radius 2 is 2.04 bits per heavy atom. The van der Waals surface area contributed by atoms with Gasteiger partial charge in [-0.05, 0) is 35.0 Å². The minimum absolute atomic E-state index is 0.289. The van der Waals surface area contributed by atoms with Gasteiger partial charge >= 0.3 is 0 Å². The Balaban J connectivity index is 1.74. The first kappa shape index (κ1) is 15.7. The molecule has 1 aromatic carbocycles. The van der Waals surface area contributed by atoms with Crippen molar-refractivity contribution in [1.82, 2.24) is 18.9 Å². The minimum Gasteiger partial charge on any atom is -0.237 e. The van der Waals surface area contributed by atoms with Crippen molar-refractivity contribution in [2.45, 2.75) is 24.8 Å². The zero-order valence-corrected chi connectivity index (χ0v) is 15.4. The van der Waals surface area contributed by atoms with Gasteiger partial charge in [-0.15, -0.1) is 0 Å². The average molecular weight is 407 g/mol. The van der Waals surface area contributed by atoms with Crippen molar-refractivity contribution in [2.75, 3.05) is 6.54 Å². The summed E-state index contributed by atoms with van der Waals surface area (Å²) in [5.74, 6) is 0. The maximum Gasteiger partial charge on any atom is 0.244 e. The van der Waals surface area contributed by atoms with Gasteiger partial charge in [0, 0.05) is 41.8 Å². The van der Waals surface area contributed by atoms with Gasteiger partial charge in [0.1, 0.15) is 0 Å². The second-order valence-corrected chi connectivity index (χ2v) is 8.57. The van der Waals surface area contributed by atoms with Crippen LogP contribution in [0.2, 0.25) is 0 Å². The monoisotopic (exact) mass is 406 g/mol. The van der Waals surface area contributed by atoms with Gasteiger partial charge in [0.2, 0.25) is 10.0 Å². The highest BCUT2D eigenvalue weighted by Crippen LogP contribution is 2.29. The fourth-order valence-corrected chi connectivity index (χ4v) is 5.41. The molecule has 0 radical (unpaired) electrons.